The molecule has 1 unspecified atom stereocenters. The molecule has 136 valence electrons. The molecule has 2 rings (SSSR count). The molecule has 0 bridgehead atoms. The first-order valence-corrected chi connectivity index (χ1v) is 11.4. The Labute approximate surface area is 139 Å². The lowest BCUT2D eigenvalue weighted by Gasteiger charge is -2.34. The third-order valence-electron chi connectivity index (χ3n) is 4.88. The summed E-state index contributed by atoms with van der Waals surface area (Å²) in [7, 11) is -3.43. The van der Waals surface area contributed by atoms with Gasteiger partial charge in [0.1, 0.15) is 0 Å². The van der Waals surface area contributed by atoms with Crippen molar-refractivity contribution in [3.05, 3.63) is 0 Å². The molecule has 2 heterocycles. The van der Waals surface area contributed by atoms with Crippen LogP contribution in [-0.2, 0) is 24.6 Å². The SMILES string of the molecule is COCCN1CCC(CN(C)S(=O)(=O)C2CCS(=O)(=O)C2)CC1. The normalized spacial score (nSPS) is 26.8. The van der Waals surface area contributed by atoms with Gasteiger partial charge in [0.05, 0.1) is 23.4 Å². The van der Waals surface area contributed by atoms with E-state index in [1.54, 1.807) is 14.2 Å². The molecule has 7 nitrogen and oxygen atoms in total. The molecule has 0 amide bonds. The molecule has 0 aromatic carbocycles. The molecule has 0 spiro atoms. The molecular weight excluding hydrogens is 340 g/mol. The fourth-order valence-corrected chi connectivity index (χ4v) is 7.68. The summed E-state index contributed by atoms with van der Waals surface area (Å²) in [6.45, 7) is 4.03. The predicted molar refractivity (Wildman–Crippen MR) is 89.6 cm³/mol. The van der Waals surface area contributed by atoms with Crippen molar-refractivity contribution in [1.82, 2.24) is 9.21 Å². The summed E-state index contributed by atoms with van der Waals surface area (Å²) < 4.78 is 54.6. The second-order valence-corrected chi connectivity index (χ2v) is 11.2. The molecule has 23 heavy (non-hydrogen) atoms. The second-order valence-electron chi connectivity index (χ2n) is 6.63. The van der Waals surface area contributed by atoms with E-state index in [2.05, 4.69) is 4.90 Å². The van der Waals surface area contributed by atoms with Crippen LogP contribution in [0, 0.1) is 5.92 Å². The molecule has 0 aliphatic carbocycles. The molecule has 0 aromatic rings. The van der Waals surface area contributed by atoms with Crippen LogP contribution >= 0.6 is 0 Å². The van der Waals surface area contributed by atoms with Crippen LogP contribution in [0.2, 0.25) is 0 Å². The number of sulfone groups is 1. The van der Waals surface area contributed by atoms with E-state index in [-0.39, 0.29) is 17.9 Å². The Morgan fingerprint density at radius 3 is 2.39 bits per heavy atom. The van der Waals surface area contributed by atoms with Crippen molar-refractivity contribution in [2.45, 2.75) is 24.5 Å². The lowest BCUT2D eigenvalue weighted by Crippen LogP contribution is -2.43. The van der Waals surface area contributed by atoms with E-state index >= 15 is 0 Å². The third-order valence-corrected chi connectivity index (χ3v) is 9.12. The first-order chi connectivity index (χ1) is 10.7. The van der Waals surface area contributed by atoms with E-state index in [9.17, 15) is 16.8 Å². The summed E-state index contributed by atoms with van der Waals surface area (Å²) in [4.78, 5) is 2.33. The largest absolute Gasteiger partial charge is 0.383 e. The zero-order valence-corrected chi connectivity index (χ0v) is 15.6. The minimum absolute atomic E-state index is 0.0113. The van der Waals surface area contributed by atoms with Crippen LogP contribution in [0.3, 0.4) is 0 Å². The number of piperidine rings is 1. The quantitative estimate of drug-likeness (QED) is 0.618. The van der Waals surface area contributed by atoms with Gasteiger partial charge >= 0.3 is 0 Å². The van der Waals surface area contributed by atoms with Gasteiger partial charge in [0.2, 0.25) is 10.0 Å². The maximum atomic E-state index is 12.5. The van der Waals surface area contributed by atoms with Crippen LogP contribution in [0.15, 0.2) is 0 Å². The van der Waals surface area contributed by atoms with Gasteiger partial charge < -0.3 is 9.64 Å². The predicted octanol–water partition coefficient (Wildman–Crippen LogP) is -0.206. The summed E-state index contributed by atoms with van der Waals surface area (Å²) in [5.41, 5.74) is 0. The van der Waals surface area contributed by atoms with Crippen LogP contribution in [0.4, 0.5) is 0 Å². The average molecular weight is 369 g/mol. The molecular formula is C14H28N2O5S2. The van der Waals surface area contributed by atoms with E-state index in [0.29, 0.717) is 12.5 Å². The monoisotopic (exact) mass is 368 g/mol. The minimum Gasteiger partial charge on any atom is -0.383 e. The van der Waals surface area contributed by atoms with Crippen molar-refractivity contribution in [2.75, 3.05) is 58.4 Å². The van der Waals surface area contributed by atoms with Gasteiger partial charge in [-0.15, -0.1) is 0 Å². The number of methoxy groups -OCH3 is 1. The highest BCUT2D eigenvalue weighted by atomic mass is 32.2. The van der Waals surface area contributed by atoms with Crippen LogP contribution in [0.1, 0.15) is 19.3 Å². The van der Waals surface area contributed by atoms with Gasteiger partial charge in [0, 0.05) is 27.2 Å². The Hall–Kier alpha value is -0.220. The average Bonchev–Trinajstić information content (AvgIpc) is 2.87. The number of nitrogens with zero attached hydrogens (tertiary/aromatic N) is 2. The number of hydrogen-bond donors (Lipinski definition) is 0. The number of ether oxygens (including phenoxy) is 1. The molecule has 0 aromatic heterocycles. The standard InChI is InChI=1S/C14H28N2O5S2/c1-15(23(19,20)14-5-10-22(17,18)12-14)11-13-3-6-16(7-4-13)8-9-21-2/h13-14H,3-12H2,1-2H3. The first kappa shape index (κ1) is 19.1. The number of likely N-dealkylation sites (tertiary alicyclic amines) is 1. The van der Waals surface area contributed by atoms with Gasteiger partial charge in [-0.25, -0.2) is 21.1 Å². The zero-order chi connectivity index (χ0) is 17.1. The van der Waals surface area contributed by atoms with Crippen LogP contribution in [0.5, 0.6) is 0 Å². The molecule has 9 heteroatoms. The van der Waals surface area contributed by atoms with Gasteiger partial charge in [0.15, 0.2) is 9.84 Å². The second kappa shape index (κ2) is 7.77. The molecule has 2 saturated heterocycles. The number of sulfonamides is 1. The Kier molecular flexibility index (Phi) is 6.46. The van der Waals surface area contributed by atoms with Gasteiger partial charge in [-0.05, 0) is 38.3 Å². The summed E-state index contributed by atoms with van der Waals surface area (Å²) in [6, 6.07) is 0. The maximum Gasteiger partial charge on any atom is 0.217 e. The third kappa shape index (κ3) is 5.12. The highest BCUT2D eigenvalue weighted by Gasteiger charge is 2.39. The Morgan fingerprint density at radius 2 is 1.87 bits per heavy atom. The molecule has 2 aliphatic rings. The maximum absolute atomic E-state index is 12.5. The van der Waals surface area contributed by atoms with E-state index in [1.807, 2.05) is 0 Å². The molecule has 0 N–H and O–H groups in total. The molecule has 0 saturated carbocycles. The molecule has 1 atom stereocenters. The van der Waals surface area contributed by atoms with Gasteiger partial charge in [-0.1, -0.05) is 0 Å². The smallest absolute Gasteiger partial charge is 0.217 e. The summed E-state index contributed by atoms with van der Waals surface area (Å²) in [5, 5.41) is -0.765. The highest BCUT2D eigenvalue weighted by molar-refractivity contribution is 7.95. The lowest BCUT2D eigenvalue weighted by molar-refractivity contribution is 0.116. The van der Waals surface area contributed by atoms with E-state index in [0.717, 1.165) is 39.1 Å². The van der Waals surface area contributed by atoms with Crippen molar-refractivity contribution >= 4 is 19.9 Å². The summed E-state index contributed by atoms with van der Waals surface area (Å²) in [6.07, 6.45) is 2.16. The summed E-state index contributed by atoms with van der Waals surface area (Å²) >= 11 is 0. The Bertz CT molecular complexity index is 582. The van der Waals surface area contributed by atoms with Gasteiger partial charge in [-0.3, -0.25) is 0 Å². The molecule has 2 fully saturated rings. The minimum atomic E-state index is -3.52. The fraction of sp³-hybridized carbons (Fsp3) is 1.00. The first-order valence-electron chi connectivity index (χ1n) is 8.11. The van der Waals surface area contributed by atoms with E-state index < -0.39 is 25.1 Å². The Balaban J connectivity index is 1.84. The van der Waals surface area contributed by atoms with Crippen molar-refractivity contribution in [3.8, 4) is 0 Å². The van der Waals surface area contributed by atoms with E-state index in [4.69, 9.17) is 4.74 Å². The molecule has 2 aliphatic heterocycles. The lowest BCUT2D eigenvalue weighted by atomic mass is 9.97. The van der Waals surface area contributed by atoms with Gasteiger partial charge in [0.25, 0.3) is 0 Å². The van der Waals surface area contributed by atoms with Crippen molar-refractivity contribution < 1.29 is 21.6 Å². The van der Waals surface area contributed by atoms with E-state index in [1.165, 1.54) is 4.31 Å². The Morgan fingerprint density at radius 1 is 1.22 bits per heavy atom. The number of hydrogen-bond acceptors (Lipinski definition) is 6. The highest BCUT2D eigenvalue weighted by Crippen LogP contribution is 2.24. The van der Waals surface area contributed by atoms with Crippen molar-refractivity contribution in [2.24, 2.45) is 5.92 Å². The van der Waals surface area contributed by atoms with Gasteiger partial charge in [-0.2, -0.15) is 0 Å². The van der Waals surface area contributed by atoms with Crippen LogP contribution < -0.4 is 0 Å². The van der Waals surface area contributed by atoms with Crippen molar-refractivity contribution in [3.63, 3.8) is 0 Å². The fourth-order valence-electron chi connectivity index (χ4n) is 3.33. The van der Waals surface area contributed by atoms with Crippen LogP contribution in [0.25, 0.3) is 0 Å². The molecule has 0 radical (unpaired) electrons. The van der Waals surface area contributed by atoms with Crippen LogP contribution in [-0.4, -0.2) is 89.7 Å². The van der Waals surface area contributed by atoms with Crippen molar-refractivity contribution in [1.29, 1.82) is 0 Å². The summed E-state index contributed by atoms with van der Waals surface area (Å²) in [5.74, 6) is 0.101. The number of rotatable bonds is 7. The zero-order valence-electron chi connectivity index (χ0n) is 14.0. The topological polar surface area (TPSA) is 84.0 Å².